The van der Waals surface area contributed by atoms with Crippen LogP contribution in [0.2, 0.25) is 5.02 Å². The monoisotopic (exact) mass is 308 g/mol. The van der Waals surface area contributed by atoms with Gasteiger partial charge in [0.2, 0.25) is 5.91 Å². The van der Waals surface area contributed by atoms with Gasteiger partial charge >= 0.3 is 0 Å². The van der Waals surface area contributed by atoms with E-state index in [1.165, 1.54) is 12.8 Å². The predicted octanol–water partition coefficient (Wildman–Crippen LogP) is 3.12. The number of benzene rings is 1. The number of hydrogen-bond acceptors (Lipinski definition) is 2. The van der Waals surface area contributed by atoms with E-state index in [4.69, 9.17) is 11.6 Å². The van der Waals surface area contributed by atoms with Crippen molar-refractivity contribution in [2.45, 2.75) is 32.6 Å². The molecule has 3 nitrogen and oxygen atoms in total. The number of carbonyl (C=O) groups excluding carboxylic acids is 1. The normalized spacial score (nSPS) is 19.4. The smallest absolute Gasteiger partial charge is 0.221 e. The van der Waals surface area contributed by atoms with E-state index in [1.807, 2.05) is 24.3 Å². The average Bonchev–Trinajstić information content (AvgIpc) is 2.45. The summed E-state index contributed by atoms with van der Waals surface area (Å²) in [4.78, 5) is 14.3. The Morgan fingerprint density at radius 3 is 3.10 bits per heavy atom. The van der Waals surface area contributed by atoms with E-state index in [-0.39, 0.29) is 5.91 Å². The fraction of sp³-hybridized carbons (Fsp3) is 0.588. The minimum absolute atomic E-state index is 0.148. The molecule has 1 amide bonds. The van der Waals surface area contributed by atoms with Crippen molar-refractivity contribution < 1.29 is 4.79 Å². The molecule has 116 valence electrons. The number of piperidine rings is 1. The Kier molecular flexibility index (Phi) is 6.52. The van der Waals surface area contributed by atoms with Crippen LogP contribution < -0.4 is 5.32 Å². The van der Waals surface area contributed by atoms with Gasteiger partial charge in [0.05, 0.1) is 0 Å². The van der Waals surface area contributed by atoms with Crippen molar-refractivity contribution in [3.63, 3.8) is 0 Å². The van der Waals surface area contributed by atoms with Gasteiger partial charge in [-0.1, -0.05) is 30.7 Å². The minimum Gasteiger partial charge on any atom is -0.356 e. The standard InChI is InChI=1S/C17H25ClN2O/c1-14-4-3-10-20(13-14)11-8-17(21)19-9-7-15-5-2-6-16(18)12-15/h2,5-6,12,14H,3-4,7-11,13H2,1H3,(H,19,21). The van der Waals surface area contributed by atoms with E-state index < -0.39 is 0 Å². The Labute approximate surface area is 132 Å². The van der Waals surface area contributed by atoms with Crippen molar-refractivity contribution in [2.75, 3.05) is 26.2 Å². The van der Waals surface area contributed by atoms with Gasteiger partial charge in [-0.15, -0.1) is 0 Å². The first-order chi connectivity index (χ1) is 10.1. The summed E-state index contributed by atoms with van der Waals surface area (Å²) in [5.41, 5.74) is 1.16. The molecular formula is C17H25ClN2O. The Hall–Kier alpha value is -1.06. The second kappa shape index (κ2) is 8.40. The molecule has 1 fully saturated rings. The van der Waals surface area contributed by atoms with Crippen molar-refractivity contribution in [3.05, 3.63) is 34.9 Å². The quantitative estimate of drug-likeness (QED) is 0.875. The third-order valence-electron chi connectivity index (χ3n) is 4.02. The van der Waals surface area contributed by atoms with Gasteiger partial charge in [-0.3, -0.25) is 4.79 Å². The molecule has 1 aromatic carbocycles. The minimum atomic E-state index is 0.148. The molecule has 0 spiro atoms. The van der Waals surface area contributed by atoms with Gasteiger partial charge < -0.3 is 10.2 Å². The summed E-state index contributed by atoms with van der Waals surface area (Å²) in [7, 11) is 0. The highest BCUT2D eigenvalue weighted by Gasteiger charge is 2.16. The molecule has 1 heterocycles. The Bertz CT molecular complexity index is 464. The number of nitrogens with zero attached hydrogens (tertiary/aromatic N) is 1. The lowest BCUT2D eigenvalue weighted by atomic mass is 10.0. The Morgan fingerprint density at radius 1 is 1.48 bits per heavy atom. The topological polar surface area (TPSA) is 32.3 Å². The number of halogens is 1. The van der Waals surface area contributed by atoms with Gasteiger partial charge in [0.15, 0.2) is 0 Å². The van der Waals surface area contributed by atoms with Gasteiger partial charge in [-0.25, -0.2) is 0 Å². The van der Waals surface area contributed by atoms with E-state index in [0.717, 1.165) is 42.6 Å². The summed E-state index contributed by atoms with van der Waals surface area (Å²) in [5.74, 6) is 0.917. The zero-order chi connectivity index (χ0) is 15.1. The second-order valence-electron chi connectivity index (χ2n) is 6.03. The predicted molar refractivity (Wildman–Crippen MR) is 87.6 cm³/mol. The van der Waals surface area contributed by atoms with Crippen LogP contribution in [0.5, 0.6) is 0 Å². The molecule has 1 unspecified atom stereocenters. The fourth-order valence-electron chi connectivity index (χ4n) is 2.88. The van der Waals surface area contributed by atoms with Crippen LogP contribution in [-0.2, 0) is 11.2 Å². The molecule has 1 aromatic rings. The van der Waals surface area contributed by atoms with Crippen molar-refractivity contribution in [1.29, 1.82) is 0 Å². The summed E-state index contributed by atoms with van der Waals surface area (Å²) in [5, 5.41) is 3.74. The zero-order valence-electron chi connectivity index (χ0n) is 12.8. The lowest BCUT2D eigenvalue weighted by molar-refractivity contribution is -0.121. The first-order valence-electron chi connectivity index (χ1n) is 7.87. The third kappa shape index (κ3) is 6.06. The van der Waals surface area contributed by atoms with Crippen LogP contribution in [0.4, 0.5) is 0 Å². The molecule has 21 heavy (non-hydrogen) atoms. The highest BCUT2D eigenvalue weighted by Crippen LogP contribution is 2.15. The van der Waals surface area contributed by atoms with Crippen LogP contribution in [0.15, 0.2) is 24.3 Å². The van der Waals surface area contributed by atoms with Crippen molar-refractivity contribution in [2.24, 2.45) is 5.92 Å². The first-order valence-corrected chi connectivity index (χ1v) is 8.25. The maximum absolute atomic E-state index is 11.9. The molecule has 1 atom stereocenters. The van der Waals surface area contributed by atoms with Crippen LogP contribution in [-0.4, -0.2) is 37.0 Å². The molecule has 1 aliphatic rings. The summed E-state index contributed by atoms with van der Waals surface area (Å²) in [6.07, 6.45) is 4.01. The summed E-state index contributed by atoms with van der Waals surface area (Å²) < 4.78 is 0. The van der Waals surface area contributed by atoms with Gasteiger partial charge in [0, 0.05) is 31.1 Å². The van der Waals surface area contributed by atoms with Gasteiger partial charge in [-0.05, 0) is 49.4 Å². The van der Waals surface area contributed by atoms with Crippen LogP contribution in [0, 0.1) is 5.92 Å². The fourth-order valence-corrected chi connectivity index (χ4v) is 3.09. The Morgan fingerprint density at radius 2 is 2.33 bits per heavy atom. The lowest BCUT2D eigenvalue weighted by Gasteiger charge is -2.30. The van der Waals surface area contributed by atoms with Crippen LogP contribution in [0.25, 0.3) is 0 Å². The van der Waals surface area contributed by atoms with E-state index in [9.17, 15) is 4.79 Å². The highest BCUT2D eigenvalue weighted by atomic mass is 35.5. The van der Waals surface area contributed by atoms with Gasteiger partial charge in [0.1, 0.15) is 0 Å². The second-order valence-corrected chi connectivity index (χ2v) is 6.46. The number of rotatable bonds is 6. The van der Waals surface area contributed by atoms with Crippen LogP contribution in [0.3, 0.4) is 0 Å². The van der Waals surface area contributed by atoms with E-state index in [0.29, 0.717) is 13.0 Å². The lowest BCUT2D eigenvalue weighted by Crippen LogP contribution is -2.37. The molecule has 2 rings (SSSR count). The van der Waals surface area contributed by atoms with Crippen molar-refractivity contribution in [3.8, 4) is 0 Å². The summed E-state index contributed by atoms with van der Waals surface area (Å²) in [6, 6.07) is 7.79. The highest BCUT2D eigenvalue weighted by molar-refractivity contribution is 6.30. The number of nitrogens with one attached hydrogen (secondary N) is 1. The van der Waals surface area contributed by atoms with Crippen molar-refractivity contribution >= 4 is 17.5 Å². The molecule has 0 bridgehead atoms. The Balaban J connectivity index is 1.61. The number of likely N-dealkylation sites (tertiary alicyclic amines) is 1. The van der Waals surface area contributed by atoms with Crippen molar-refractivity contribution in [1.82, 2.24) is 10.2 Å². The SMILES string of the molecule is CC1CCCN(CCC(=O)NCCc2cccc(Cl)c2)C1. The largest absolute Gasteiger partial charge is 0.356 e. The third-order valence-corrected chi connectivity index (χ3v) is 4.26. The number of amides is 1. The molecular weight excluding hydrogens is 284 g/mol. The zero-order valence-corrected chi connectivity index (χ0v) is 13.5. The molecule has 1 saturated heterocycles. The van der Waals surface area contributed by atoms with Gasteiger partial charge in [0.25, 0.3) is 0 Å². The number of hydrogen-bond donors (Lipinski definition) is 1. The van der Waals surface area contributed by atoms with E-state index in [2.05, 4.69) is 17.1 Å². The first kappa shape index (κ1) is 16.3. The number of carbonyl (C=O) groups is 1. The maximum atomic E-state index is 11.9. The van der Waals surface area contributed by atoms with Gasteiger partial charge in [-0.2, -0.15) is 0 Å². The molecule has 1 N–H and O–H groups in total. The van der Waals surface area contributed by atoms with Crippen LogP contribution in [0.1, 0.15) is 31.7 Å². The molecule has 0 aliphatic carbocycles. The summed E-state index contributed by atoms with van der Waals surface area (Å²) in [6.45, 7) is 6.12. The van der Waals surface area contributed by atoms with E-state index >= 15 is 0 Å². The molecule has 0 aromatic heterocycles. The summed E-state index contributed by atoms with van der Waals surface area (Å²) >= 11 is 5.94. The van der Waals surface area contributed by atoms with Crippen LogP contribution >= 0.6 is 11.6 Å². The molecule has 0 saturated carbocycles. The van der Waals surface area contributed by atoms with E-state index in [1.54, 1.807) is 0 Å². The molecule has 1 aliphatic heterocycles. The average molecular weight is 309 g/mol. The maximum Gasteiger partial charge on any atom is 0.221 e. The molecule has 4 heteroatoms. The molecule has 0 radical (unpaired) electrons.